The van der Waals surface area contributed by atoms with Gasteiger partial charge in [-0.1, -0.05) is 47.5 Å². The fraction of sp³-hybridized carbons (Fsp3) is 0.286. The topological polar surface area (TPSA) is 97.5 Å². The number of quaternary nitrogens is 1. The molecule has 3 aromatic rings. The molecule has 1 fully saturated rings. The lowest BCUT2D eigenvalue weighted by Gasteiger charge is -2.36. The van der Waals surface area contributed by atoms with Crippen LogP contribution in [0.3, 0.4) is 0 Å². The highest BCUT2D eigenvalue weighted by atomic mass is 35.5. The first-order valence-electron chi connectivity index (χ1n) is 12.2. The van der Waals surface area contributed by atoms with Crippen LogP contribution in [0.5, 0.6) is 0 Å². The van der Waals surface area contributed by atoms with Crippen molar-refractivity contribution in [1.29, 1.82) is 0 Å². The number of hydrogen-bond acceptors (Lipinski definition) is 4. The van der Waals surface area contributed by atoms with Crippen molar-refractivity contribution < 1.29 is 18.0 Å². The van der Waals surface area contributed by atoms with E-state index >= 15 is 0 Å². The van der Waals surface area contributed by atoms with E-state index in [4.69, 9.17) is 17.3 Å². The first-order chi connectivity index (χ1) is 17.5. The summed E-state index contributed by atoms with van der Waals surface area (Å²) in [5, 5.41) is 0.391. The summed E-state index contributed by atoms with van der Waals surface area (Å²) in [7, 11) is -4.19. The zero-order valence-corrected chi connectivity index (χ0v) is 22.6. The number of piperidine rings is 1. The van der Waals surface area contributed by atoms with E-state index < -0.39 is 26.4 Å². The van der Waals surface area contributed by atoms with Gasteiger partial charge in [0, 0.05) is 40.9 Å². The first kappa shape index (κ1) is 26.9. The number of rotatable bonds is 8. The molecule has 1 heterocycles. The SMILES string of the molecule is Cc1ccc(S(=O)(=O)[N+](CC(N)=O)(Cc2ccc(N3CCCCC3=O)cc2)c2cccc(Cl)c2C)cc1. The van der Waals surface area contributed by atoms with Crippen LogP contribution in [0.2, 0.25) is 5.02 Å². The summed E-state index contributed by atoms with van der Waals surface area (Å²) in [4.78, 5) is 26.7. The Balaban J connectivity index is 1.87. The summed E-state index contributed by atoms with van der Waals surface area (Å²) in [6, 6.07) is 18.8. The maximum absolute atomic E-state index is 14.4. The van der Waals surface area contributed by atoms with Crippen LogP contribution in [-0.4, -0.2) is 33.3 Å². The predicted molar refractivity (Wildman–Crippen MR) is 147 cm³/mol. The molecule has 1 unspecified atom stereocenters. The molecule has 3 aromatic carbocycles. The van der Waals surface area contributed by atoms with Crippen LogP contribution in [0.1, 0.15) is 36.0 Å². The molecule has 2 N–H and O–H groups in total. The number of carbonyl (C=O) groups excluding carboxylic acids is 2. The van der Waals surface area contributed by atoms with E-state index in [0.717, 1.165) is 24.1 Å². The van der Waals surface area contributed by atoms with Crippen molar-refractivity contribution in [2.24, 2.45) is 5.73 Å². The number of sulfonamides is 1. The third-order valence-corrected chi connectivity index (χ3v) is 9.53. The Kier molecular flexibility index (Phi) is 7.73. The van der Waals surface area contributed by atoms with Crippen molar-refractivity contribution in [2.45, 2.75) is 44.6 Å². The molecule has 1 saturated heterocycles. The number of nitrogens with two attached hydrogens (primary N) is 1. The van der Waals surface area contributed by atoms with Gasteiger partial charge in [0.15, 0.2) is 12.2 Å². The first-order valence-corrected chi connectivity index (χ1v) is 14.0. The minimum Gasteiger partial charge on any atom is -0.365 e. The van der Waals surface area contributed by atoms with Gasteiger partial charge in [-0.25, -0.2) is 0 Å². The monoisotopic (exact) mass is 540 g/mol. The number of benzene rings is 3. The summed E-state index contributed by atoms with van der Waals surface area (Å²) in [6.07, 6.45) is 2.34. The average molecular weight is 541 g/mol. The van der Waals surface area contributed by atoms with Crippen LogP contribution < -0.4 is 14.5 Å². The van der Waals surface area contributed by atoms with E-state index in [1.807, 2.05) is 19.1 Å². The molecule has 194 valence electrons. The van der Waals surface area contributed by atoms with E-state index in [9.17, 15) is 18.0 Å². The zero-order valence-electron chi connectivity index (χ0n) is 21.0. The maximum atomic E-state index is 14.4. The molecule has 0 aromatic heterocycles. The van der Waals surface area contributed by atoms with Crippen molar-refractivity contribution in [3.63, 3.8) is 0 Å². The fourth-order valence-electron chi connectivity index (χ4n) is 4.88. The van der Waals surface area contributed by atoms with Gasteiger partial charge in [0.05, 0.1) is 0 Å². The second kappa shape index (κ2) is 10.7. The second-order valence-corrected chi connectivity index (χ2v) is 12.0. The van der Waals surface area contributed by atoms with E-state index in [-0.39, 0.29) is 17.3 Å². The number of amides is 2. The van der Waals surface area contributed by atoms with Crippen LogP contribution in [0.25, 0.3) is 0 Å². The summed E-state index contributed by atoms with van der Waals surface area (Å²) < 4.78 is 28.0. The summed E-state index contributed by atoms with van der Waals surface area (Å²) in [5.74, 6) is -0.681. The zero-order chi connectivity index (χ0) is 26.8. The Morgan fingerprint density at radius 3 is 2.30 bits per heavy atom. The molecule has 7 nitrogen and oxygen atoms in total. The lowest BCUT2D eigenvalue weighted by atomic mass is 10.1. The Morgan fingerprint density at radius 1 is 1.00 bits per heavy atom. The van der Waals surface area contributed by atoms with E-state index in [1.54, 1.807) is 66.4 Å². The lowest BCUT2D eigenvalue weighted by Crippen LogP contribution is -2.57. The number of hydrogen-bond donors (Lipinski definition) is 1. The average Bonchev–Trinajstić information content (AvgIpc) is 2.86. The van der Waals surface area contributed by atoms with Crippen molar-refractivity contribution in [3.8, 4) is 0 Å². The highest BCUT2D eigenvalue weighted by Gasteiger charge is 2.48. The molecule has 4 rings (SSSR count). The molecule has 1 aliphatic heterocycles. The molecule has 0 aliphatic carbocycles. The van der Waals surface area contributed by atoms with E-state index in [0.29, 0.717) is 34.8 Å². The van der Waals surface area contributed by atoms with Gasteiger partial charge in [-0.3, -0.25) is 9.59 Å². The summed E-state index contributed by atoms with van der Waals surface area (Å²) in [6.45, 7) is 3.72. The molecular weight excluding hydrogens is 510 g/mol. The molecule has 9 heteroatoms. The number of carbonyl (C=O) groups is 2. The summed E-state index contributed by atoms with van der Waals surface area (Å²) in [5.41, 5.74) is 8.97. The van der Waals surface area contributed by atoms with Crippen LogP contribution in [0.15, 0.2) is 71.6 Å². The van der Waals surface area contributed by atoms with Gasteiger partial charge >= 0.3 is 10.0 Å². The molecule has 2 amide bonds. The molecule has 37 heavy (non-hydrogen) atoms. The van der Waals surface area contributed by atoms with Crippen LogP contribution >= 0.6 is 11.6 Å². The molecule has 0 radical (unpaired) electrons. The van der Waals surface area contributed by atoms with Crippen molar-refractivity contribution in [1.82, 2.24) is 3.89 Å². The van der Waals surface area contributed by atoms with Gasteiger partial charge in [-0.15, -0.1) is 0 Å². The van der Waals surface area contributed by atoms with Gasteiger partial charge in [-0.2, -0.15) is 12.3 Å². The number of primary amides is 1. The number of anilines is 1. The number of halogens is 1. The third kappa shape index (κ3) is 5.28. The quantitative estimate of drug-likeness (QED) is 0.413. The summed E-state index contributed by atoms with van der Waals surface area (Å²) >= 11 is 6.44. The van der Waals surface area contributed by atoms with Crippen LogP contribution in [0.4, 0.5) is 11.4 Å². The molecule has 0 spiro atoms. The van der Waals surface area contributed by atoms with Gasteiger partial charge in [0.25, 0.3) is 5.91 Å². The minimum absolute atomic E-state index is 0.0610. The Labute approximate surface area is 223 Å². The Morgan fingerprint density at radius 2 is 1.68 bits per heavy atom. The molecule has 0 bridgehead atoms. The highest BCUT2D eigenvalue weighted by Crippen LogP contribution is 2.39. The van der Waals surface area contributed by atoms with Crippen molar-refractivity contribution in [2.75, 3.05) is 18.0 Å². The van der Waals surface area contributed by atoms with Crippen molar-refractivity contribution in [3.05, 3.63) is 88.4 Å². The molecule has 0 saturated carbocycles. The largest absolute Gasteiger partial charge is 0.365 e. The smallest absolute Gasteiger partial charge is 0.332 e. The van der Waals surface area contributed by atoms with Gasteiger partial charge < -0.3 is 10.6 Å². The molecule has 1 aliphatic rings. The lowest BCUT2D eigenvalue weighted by molar-refractivity contribution is -0.119. The number of nitrogens with zero attached hydrogens (tertiary/aromatic N) is 2. The Hall–Kier alpha value is -3.20. The molecule has 1 atom stereocenters. The van der Waals surface area contributed by atoms with Crippen LogP contribution in [0, 0.1) is 13.8 Å². The third-order valence-electron chi connectivity index (χ3n) is 6.88. The van der Waals surface area contributed by atoms with Crippen molar-refractivity contribution >= 4 is 44.8 Å². The standard InChI is InChI=1S/C28H30ClN3O4S/c1-20-9-15-24(16-10-20)37(35,36)32(19-27(30)33,26-7-5-6-25(29)21(26)2)18-22-11-13-23(14-12-22)31-17-4-3-8-28(31)34/h5-7,9-16H,3-4,8,17-19H2,1-2H3,(H-,30,33)/p+1. The predicted octanol–water partition coefficient (Wildman–Crippen LogP) is 4.86. The molecular formula is C28H31ClN3O4S+. The normalized spacial score (nSPS) is 15.9. The maximum Gasteiger partial charge on any atom is 0.332 e. The van der Waals surface area contributed by atoms with Gasteiger partial charge in [0.1, 0.15) is 11.4 Å². The number of aryl methyl sites for hydroxylation is 1. The Bertz CT molecular complexity index is 1420. The minimum atomic E-state index is -4.19. The van der Waals surface area contributed by atoms with Crippen LogP contribution in [-0.2, 0) is 26.2 Å². The van der Waals surface area contributed by atoms with Gasteiger partial charge in [0.2, 0.25) is 5.91 Å². The van der Waals surface area contributed by atoms with E-state index in [1.165, 1.54) is 0 Å². The second-order valence-electron chi connectivity index (χ2n) is 9.51. The van der Waals surface area contributed by atoms with E-state index in [2.05, 4.69) is 0 Å². The highest BCUT2D eigenvalue weighted by molar-refractivity contribution is 7.91. The fourth-order valence-corrected chi connectivity index (χ4v) is 7.01. The van der Waals surface area contributed by atoms with Gasteiger partial charge in [-0.05, 0) is 57.0 Å².